The number of hydrogen-bond acceptors (Lipinski definition) is 4. The summed E-state index contributed by atoms with van der Waals surface area (Å²) in [7, 11) is 0. The lowest BCUT2D eigenvalue weighted by molar-refractivity contribution is -0.0237. The Labute approximate surface area is 120 Å². The normalized spacial score (nSPS) is 19.0. The number of ether oxygens (including phenoxy) is 1. The van der Waals surface area contributed by atoms with Gasteiger partial charge in [-0.2, -0.15) is 0 Å². The summed E-state index contributed by atoms with van der Waals surface area (Å²) in [6.45, 7) is 10.6. The van der Waals surface area contributed by atoms with E-state index in [-0.39, 0.29) is 17.4 Å². The molecule has 1 unspecified atom stereocenters. The molecule has 1 N–H and O–H groups in total. The first-order chi connectivity index (χ1) is 9.55. The largest absolute Gasteiger partial charge is 0.379 e. The summed E-state index contributed by atoms with van der Waals surface area (Å²) in [5.41, 5.74) is 0.762. The number of aromatic nitrogens is 1. The SMILES string of the molecule is CCNC(c1cncc(F)c1)C(C)(C)N1CCOCC1. The van der Waals surface area contributed by atoms with Crippen molar-refractivity contribution in [1.82, 2.24) is 15.2 Å². The lowest BCUT2D eigenvalue weighted by Crippen LogP contribution is -2.56. The zero-order chi connectivity index (χ0) is 14.6. The van der Waals surface area contributed by atoms with Gasteiger partial charge in [-0.05, 0) is 32.0 Å². The van der Waals surface area contributed by atoms with Crippen molar-refractivity contribution >= 4 is 0 Å². The van der Waals surface area contributed by atoms with E-state index in [0.29, 0.717) is 0 Å². The van der Waals surface area contributed by atoms with E-state index in [4.69, 9.17) is 4.74 Å². The first-order valence-corrected chi connectivity index (χ1v) is 7.22. The fourth-order valence-electron chi connectivity index (χ4n) is 2.89. The maximum absolute atomic E-state index is 13.5. The molecule has 112 valence electrons. The molecule has 0 radical (unpaired) electrons. The van der Waals surface area contributed by atoms with Gasteiger partial charge in [0, 0.05) is 24.8 Å². The first-order valence-electron chi connectivity index (χ1n) is 7.22. The molecule has 5 heteroatoms. The third-order valence-corrected chi connectivity index (χ3v) is 4.00. The van der Waals surface area contributed by atoms with E-state index < -0.39 is 0 Å². The van der Waals surface area contributed by atoms with Crippen LogP contribution in [0, 0.1) is 5.82 Å². The molecule has 1 aromatic rings. The molecule has 4 nitrogen and oxygen atoms in total. The molecular formula is C15H24FN3O. The minimum atomic E-state index is -0.289. The van der Waals surface area contributed by atoms with Crippen LogP contribution in [-0.4, -0.2) is 48.3 Å². The van der Waals surface area contributed by atoms with Gasteiger partial charge < -0.3 is 10.1 Å². The van der Waals surface area contributed by atoms with Crippen LogP contribution in [0.5, 0.6) is 0 Å². The average molecular weight is 281 g/mol. The molecule has 2 heterocycles. The second-order valence-corrected chi connectivity index (χ2v) is 5.68. The molecule has 1 atom stereocenters. The van der Waals surface area contributed by atoms with Crippen molar-refractivity contribution in [3.8, 4) is 0 Å². The fraction of sp³-hybridized carbons (Fsp3) is 0.667. The molecule has 0 saturated carbocycles. The van der Waals surface area contributed by atoms with E-state index in [1.54, 1.807) is 12.3 Å². The van der Waals surface area contributed by atoms with Gasteiger partial charge in [-0.1, -0.05) is 6.92 Å². The number of nitrogens with one attached hydrogen (secondary N) is 1. The molecule has 1 saturated heterocycles. The second kappa shape index (κ2) is 6.61. The van der Waals surface area contributed by atoms with E-state index in [9.17, 15) is 4.39 Å². The zero-order valence-corrected chi connectivity index (χ0v) is 12.5. The van der Waals surface area contributed by atoms with Crippen LogP contribution < -0.4 is 5.32 Å². The number of morpholine rings is 1. The molecule has 0 aromatic carbocycles. The van der Waals surface area contributed by atoms with E-state index in [1.165, 1.54) is 6.20 Å². The van der Waals surface area contributed by atoms with Gasteiger partial charge >= 0.3 is 0 Å². The summed E-state index contributed by atoms with van der Waals surface area (Å²) in [6, 6.07) is 1.61. The molecule has 1 fully saturated rings. The van der Waals surface area contributed by atoms with E-state index in [2.05, 4.69) is 36.0 Å². The van der Waals surface area contributed by atoms with Gasteiger partial charge in [0.2, 0.25) is 0 Å². The summed E-state index contributed by atoms with van der Waals surface area (Å²) in [4.78, 5) is 6.39. The van der Waals surface area contributed by atoms with Crippen molar-refractivity contribution in [3.63, 3.8) is 0 Å². The number of hydrogen-bond donors (Lipinski definition) is 1. The molecule has 1 aliphatic rings. The first kappa shape index (κ1) is 15.4. The van der Waals surface area contributed by atoms with Gasteiger partial charge in [-0.3, -0.25) is 9.88 Å². The molecule has 1 aliphatic heterocycles. The molecule has 0 aliphatic carbocycles. The fourth-order valence-corrected chi connectivity index (χ4v) is 2.89. The number of nitrogens with zero attached hydrogens (tertiary/aromatic N) is 2. The van der Waals surface area contributed by atoms with Crippen LogP contribution >= 0.6 is 0 Å². The van der Waals surface area contributed by atoms with Crippen molar-refractivity contribution in [1.29, 1.82) is 0 Å². The Morgan fingerprint density at radius 3 is 2.70 bits per heavy atom. The third-order valence-electron chi connectivity index (χ3n) is 4.00. The van der Waals surface area contributed by atoms with Gasteiger partial charge in [0.05, 0.1) is 25.5 Å². The minimum absolute atomic E-state index is 0.0359. The van der Waals surface area contributed by atoms with Crippen LogP contribution in [0.4, 0.5) is 4.39 Å². The van der Waals surface area contributed by atoms with Crippen LogP contribution in [-0.2, 0) is 4.74 Å². The molecule has 0 spiro atoms. The van der Waals surface area contributed by atoms with Crippen molar-refractivity contribution in [2.24, 2.45) is 0 Å². The standard InChI is InChI=1S/C15H24FN3O/c1-4-18-14(12-9-13(16)11-17-10-12)15(2,3)19-5-7-20-8-6-19/h9-11,14,18H,4-8H2,1-3H3. The topological polar surface area (TPSA) is 37.4 Å². The molecule has 1 aromatic heterocycles. The predicted octanol–water partition coefficient (Wildman–Crippen LogP) is 1.98. The van der Waals surface area contributed by atoms with Crippen LogP contribution in [0.15, 0.2) is 18.5 Å². The third kappa shape index (κ3) is 3.34. The predicted molar refractivity (Wildman–Crippen MR) is 77.1 cm³/mol. The van der Waals surface area contributed by atoms with Crippen LogP contribution in [0.3, 0.4) is 0 Å². The van der Waals surface area contributed by atoms with Crippen LogP contribution in [0.2, 0.25) is 0 Å². The number of likely N-dealkylation sites (N-methyl/N-ethyl adjacent to an activating group) is 1. The summed E-state index contributed by atoms with van der Waals surface area (Å²) in [5, 5.41) is 3.47. The second-order valence-electron chi connectivity index (χ2n) is 5.68. The van der Waals surface area contributed by atoms with Crippen molar-refractivity contribution in [2.75, 3.05) is 32.8 Å². The van der Waals surface area contributed by atoms with Crippen molar-refractivity contribution in [3.05, 3.63) is 29.8 Å². The van der Waals surface area contributed by atoms with Gasteiger partial charge in [0.15, 0.2) is 0 Å². The molecular weight excluding hydrogens is 257 g/mol. The summed E-state index contributed by atoms with van der Waals surface area (Å²) >= 11 is 0. The smallest absolute Gasteiger partial charge is 0.141 e. The molecule has 2 rings (SSSR count). The summed E-state index contributed by atoms with van der Waals surface area (Å²) in [5.74, 6) is -0.289. The monoisotopic (exact) mass is 281 g/mol. The minimum Gasteiger partial charge on any atom is -0.379 e. The Bertz CT molecular complexity index is 433. The Kier molecular flexibility index (Phi) is 5.07. The Morgan fingerprint density at radius 1 is 1.40 bits per heavy atom. The Hall–Kier alpha value is -1.04. The maximum atomic E-state index is 13.5. The van der Waals surface area contributed by atoms with E-state index in [0.717, 1.165) is 38.4 Å². The van der Waals surface area contributed by atoms with Gasteiger partial charge in [-0.15, -0.1) is 0 Å². The lowest BCUT2D eigenvalue weighted by Gasteiger charge is -2.46. The highest BCUT2D eigenvalue weighted by molar-refractivity contribution is 5.20. The van der Waals surface area contributed by atoms with Crippen LogP contribution in [0.1, 0.15) is 32.4 Å². The average Bonchev–Trinajstić information content (AvgIpc) is 2.45. The van der Waals surface area contributed by atoms with Crippen molar-refractivity contribution < 1.29 is 9.13 Å². The molecule has 0 amide bonds. The van der Waals surface area contributed by atoms with E-state index in [1.807, 2.05) is 0 Å². The van der Waals surface area contributed by atoms with Crippen molar-refractivity contribution in [2.45, 2.75) is 32.4 Å². The van der Waals surface area contributed by atoms with Crippen LogP contribution in [0.25, 0.3) is 0 Å². The van der Waals surface area contributed by atoms with Gasteiger partial charge in [0.25, 0.3) is 0 Å². The summed E-state index contributed by atoms with van der Waals surface area (Å²) in [6.07, 6.45) is 2.99. The molecule has 0 bridgehead atoms. The van der Waals surface area contributed by atoms with Gasteiger partial charge in [-0.25, -0.2) is 4.39 Å². The highest BCUT2D eigenvalue weighted by atomic mass is 19.1. The zero-order valence-electron chi connectivity index (χ0n) is 12.5. The quantitative estimate of drug-likeness (QED) is 0.895. The summed E-state index contributed by atoms with van der Waals surface area (Å²) < 4.78 is 18.9. The Balaban J connectivity index is 2.26. The number of pyridine rings is 1. The Morgan fingerprint density at radius 2 is 2.10 bits per heavy atom. The number of halogens is 1. The lowest BCUT2D eigenvalue weighted by atomic mass is 9.87. The maximum Gasteiger partial charge on any atom is 0.141 e. The highest BCUT2D eigenvalue weighted by Crippen LogP contribution is 2.31. The molecule has 20 heavy (non-hydrogen) atoms. The number of rotatable bonds is 5. The van der Waals surface area contributed by atoms with Gasteiger partial charge in [0.1, 0.15) is 5.82 Å². The van der Waals surface area contributed by atoms with E-state index >= 15 is 0 Å². The highest BCUT2D eigenvalue weighted by Gasteiger charge is 2.37.